The molecule has 1 heterocycles. The number of hydrogen-bond donors (Lipinski definition) is 3. The molecule has 3 N–H and O–H groups in total. The fourth-order valence-corrected chi connectivity index (χ4v) is 3.75. The number of rotatable bonds is 3. The van der Waals surface area contributed by atoms with Crippen LogP contribution in [-0.4, -0.2) is 37.6 Å². The molecule has 0 radical (unpaired) electrons. The molecule has 1 unspecified atom stereocenters. The monoisotopic (exact) mass is 282 g/mol. The van der Waals surface area contributed by atoms with Gasteiger partial charge in [-0.15, -0.1) is 0 Å². The number of carbonyl (C=O) groups is 2. The van der Waals surface area contributed by atoms with Crippen LogP contribution in [0.1, 0.15) is 46.0 Å². The number of carbonyl (C=O) groups excluding carboxylic acids is 2. The van der Waals surface area contributed by atoms with Gasteiger partial charge in [0.1, 0.15) is 0 Å². The van der Waals surface area contributed by atoms with Crippen molar-refractivity contribution < 1.29 is 14.5 Å². The molecule has 0 bridgehead atoms. The van der Waals surface area contributed by atoms with Gasteiger partial charge in [-0.3, -0.25) is 10.1 Å². The molecule has 0 aromatic heterocycles. The summed E-state index contributed by atoms with van der Waals surface area (Å²) in [5.74, 6) is 1.51. The molecule has 1 saturated heterocycles. The van der Waals surface area contributed by atoms with E-state index in [1.807, 2.05) is 13.8 Å². The first-order valence-corrected chi connectivity index (χ1v) is 8.05. The van der Waals surface area contributed by atoms with Crippen LogP contribution in [0.3, 0.4) is 0 Å². The van der Waals surface area contributed by atoms with Crippen LogP contribution in [0.2, 0.25) is 0 Å². The fraction of sp³-hybridized carbons (Fsp3) is 0.867. The molecule has 5 nitrogen and oxygen atoms in total. The first-order valence-electron chi connectivity index (χ1n) is 8.05. The molecule has 2 aliphatic rings. The van der Waals surface area contributed by atoms with Crippen molar-refractivity contribution in [1.82, 2.24) is 10.6 Å². The SMILES string of the molecule is CCNC(=O)NC(=O)[C@@H](C)[NH+]1CC[C@@H]2CCCC[C@@H]2C1. The van der Waals surface area contributed by atoms with E-state index in [2.05, 4.69) is 10.6 Å². The van der Waals surface area contributed by atoms with Crippen LogP contribution in [0.5, 0.6) is 0 Å². The van der Waals surface area contributed by atoms with Crippen molar-refractivity contribution in [2.45, 2.75) is 52.0 Å². The summed E-state index contributed by atoms with van der Waals surface area (Å²) in [6.07, 6.45) is 6.65. The molecule has 0 aromatic carbocycles. The zero-order valence-electron chi connectivity index (χ0n) is 12.7. The van der Waals surface area contributed by atoms with Crippen molar-refractivity contribution in [3.8, 4) is 0 Å². The van der Waals surface area contributed by atoms with Gasteiger partial charge < -0.3 is 10.2 Å². The Morgan fingerprint density at radius 2 is 1.90 bits per heavy atom. The molecular weight excluding hydrogens is 254 g/mol. The summed E-state index contributed by atoms with van der Waals surface area (Å²) in [5.41, 5.74) is 0. The average molecular weight is 282 g/mol. The minimum absolute atomic E-state index is 0.138. The quantitative estimate of drug-likeness (QED) is 0.698. The second-order valence-electron chi connectivity index (χ2n) is 6.28. The van der Waals surface area contributed by atoms with Crippen LogP contribution in [-0.2, 0) is 4.79 Å². The lowest BCUT2D eigenvalue weighted by Gasteiger charge is -2.40. The lowest BCUT2D eigenvalue weighted by Crippen LogP contribution is -3.18. The molecule has 20 heavy (non-hydrogen) atoms. The average Bonchev–Trinajstić information content (AvgIpc) is 2.46. The predicted octanol–water partition coefficient (Wildman–Crippen LogP) is 0.316. The minimum atomic E-state index is -0.378. The van der Waals surface area contributed by atoms with E-state index in [0.29, 0.717) is 6.54 Å². The van der Waals surface area contributed by atoms with Gasteiger partial charge in [0.2, 0.25) is 0 Å². The van der Waals surface area contributed by atoms with Crippen LogP contribution < -0.4 is 15.5 Å². The Balaban J connectivity index is 1.84. The van der Waals surface area contributed by atoms with E-state index in [1.165, 1.54) is 37.0 Å². The number of imide groups is 1. The van der Waals surface area contributed by atoms with Gasteiger partial charge in [0.05, 0.1) is 13.1 Å². The van der Waals surface area contributed by atoms with Gasteiger partial charge in [-0.1, -0.05) is 12.8 Å². The Kier molecular flexibility index (Phi) is 5.40. The van der Waals surface area contributed by atoms with Crippen LogP contribution in [0.25, 0.3) is 0 Å². The Morgan fingerprint density at radius 1 is 1.20 bits per heavy atom. The molecule has 1 aliphatic heterocycles. The van der Waals surface area contributed by atoms with Crippen molar-refractivity contribution in [3.05, 3.63) is 0 Å². The first kappa shape index (κ1) is 15.3. The van der Waals surface area contributed by atoms with E-state index in [4.69, 9.17) is 0 Å². The molecule has 114 valence electrons. The molecule has 2 fully saturated rings. The van der Waals surface area contributed by atoms with Gasteiger partial charge in [0.25, 0.3) is 5.91 Å². The topological polar surface area (TPSA) is 62.6 Å². The lowest BCUT2D eigenvalue weighted by atomic mass is 9.75. The molecular formula is C15H28N3O2+. The third-order valence-corrected chi connectivity index (χ3v) is 5.01. The van der Waals surface area contributed by atoms with E-state index in [9.17, 15) is 9.59 Å². The molecule has 0 aromatic rings. The second-order valence-corrected chi connectivity index (χ2v) is 6.28. The summed E-state index contributed by atoms with van der Waals surface area (Å²) in [6.45, 7) is 6.47. The van der Waals surface area contributed by atoms with Crippen molar-refractivity contribution in [3.63, 3.8) is 0 Å². The highest BCUT2D eigenvalue weighted by atomic mass is 16.2. The Hall–Kier alpha value is -1.10. The molecule has 3 amide bonds. The molecule has 4 atom stereocenters. The second kappa shape index (κ2) is 7.07. The van der Waals surface area contributed by atoms with E-state index in [-0.39, 0.29) is 18.0 Å². The van der Waals surface area contributed by atoms with Crippen LogP contribution >= 0.6 is 0 Å². The number of urea groups is 1. The number of nitrogens with one attached hydrogen (secondary N) is 3. The number of hydrogen-bond acceptors (Lipinski definition) is 2. The van der Waals surface area contributed by atoms with Crippen molar-refractivity contribution in [2.75, 3.05) is 19.6 Å². The zero-order valence-corrected chi connectivity index (χ0v) is 12.7. The van der Waals surface area contributed by atoms with Crippen molar-refractivity contribution in [2.24, 2.45) is 11.8 Å². The maximum Gasteiger partial charge on any atom is 0.321 e. The van der Waals surface area contributed by atoms with E-state index < -0.39 is 0 Å². The maximum absolute atomic E-state index is 12.1. The molecule has 5 heteroatoms. The molecule has 0 spiro atoms. The highest BCUT2D eigenvalue weighted by molar-refractivity contribution is 5.96. The summed E-state index contributed by atoms with van der Waals surface area (Å²) >= 11 is 0. The smallest absolute Gasteiger partial charge is 0.321 e. The van der Waals surface area contributed by atoms with Gasteiger partial charge in [-0.2, -0.15) is 0 Å². The first-order chi connectivity index (χ1) is 9.61. The van der Waals surface area contributed by atoms with Crippen LogP contribution in [0.4, 0.5) is 4.79 Å². The number of likely N-dealkylation sites (tertiary alicyclic amines) is 1. The van der Waals surface area contributed by atoms with Gasteiger partial charge >= 0.3 is 6.03 Å². The Labute approximate surface area is 121 Å². The van der Waals surface area contributed by atoms with Gasteiger partial charge in [-0.05, 0) is 39.0 Å². The summed E-state index contributed by atoms with van der Waals surface area (Å²) in [6, 6.07) is -0.517. The normalized spacial score (nSPS) is 31.0. The number of quaternary nitrogens is 1. The molecule has 1 aliphatic carbocycles. The third-order valence-electron chi connectivity index (χ3n) is 5.01. The maximum atomic E-state index is 12.1. The molecule has 1 saturated carbocycles. The highest BCUT2D eigenvalue weighted by Gasteiger charge is 2.37. The Bertz CT molecular complexity index is 359. The zero-order chi connectivity index (χ0) is 14.5. The van der Waals surface area contributed by atoms with Crippen molar-refractivity contribution >= 4 is 11.9 Å². The number of piperidine rings is 1. The lowest BCUT2D eigenvalue weighted by molar-refractivity contribution is -0.924. The Morgan fingerprint density at radius 3 is 2.60 bits per heavy atom. The van der Waals surface area contributed by atoms with E-state index in [0.717, 1.165) is 24.9 Å². The summed E-state index contributed by atoms with van der Waals surface area (Å²) < 4.78 is 0. The highest BCUT2D eigenvalue weighted by Crippen LogP contribution is 2.32. The van der Waals surface area contributed by atoms with Gasteiger partial charge in [-0.25, -0.2) is 4.79 Å². The fourth-order valence-electron chi connectivity index (χ4n) is 3.75. The summed E-state index contributed by atoms with van der Waals surface area (Å²) in [5, 5.41) is 5.04. The van der Waals surface area contributed by atoms with E-state index in [1.54, 1.807) is 0 Å². The van der Waals surface area contributed by atoms with E-state index >= 15 is 0 Å². The number of amides is 3. The minimum Gasteiger partial charge on any atom is -0.338 e. The third kappa shape index (κ3) is 3.72. The van der Waals surface area contributed by atoms with Crippen LogP contribution in [0.15, 0.2) is 0 Å². The standard InChI is InChI=1S/C15H27N3O2/c1-3-16-15(20)17-14(19)11(2)18-9-8-12-6-4-5-7-13(12)10-18/h11-13H,3-10H2,1-2H3,(H2,16,17,19,20)/p+1/t11-,12+,13-/m1/s1. The summed E-state index contributed by atoms with van der Waals surface area (Å²) in [4.78, 5) is 24.9. The van der Waals surface area contributed by atoms with Gasteiger partial charge in [0.15, 0.2) is 6.04 Å². The largest absolute Gasteiger partial charge is 0.338 e. The predicted molar refractivity (Wildman–Crippen MR) is 77.4 cm³/mol. The number of fused-ring (bicyclic) bond motifs is 1. The van der Waals surface area contributed by atoms with Crippen molar-refractivity contribution in [1.29, 1.82) is 0 Å². The molecule has 2 rings (SSSR count). The summed E-state index contributed by atoms with van der Waals surface area (Å²) in [7, 11) is 0. The van der Waals surface area contributed by atoms with Gasteiger partial charge in [0, 0.05) is 12.5 Å². The van der Waals surface area contributed by atoms with Crippen LogP contribution in [0, 0.1) is 11.8 Å².